The zero-order chi connectivity index (χ0) is 10.6. The van der Waals surface area contributed by atoms with Gasteiger partial charge in [-0.15, -0.1) is 6.58 Å². The predicted octanol–water partition coefficient (Wildman–Crippen LogP) is 3.53. The van der Waals surface area contributed by atoms with Crippen LogP contribution >= 0.6 is 15.9 Å². The lowest BCUT2D eigenvalue weighted by atomic mass is 10.2. The van der Waals surface area contributed by atoms with Crippen LogP contribution in [0, 0.1) is 6.92 Å². The summed E-state index contributed by atoms with van der Waals surface area (Å²) < 4.78 is 1.01. The van der Waals surface area contributed by atoms with Crippen molar-refractivity contribution >= 4 is 21.7 Å². The number of halogens is 1. The Hall–Kier alpha value is -0.830. The molecule has 0 saturated heterocycles. The van der Waals surface area contributed by atoms with Gasteiger partial charge < -0.3 is 5.32 Å². The molecule has 0 amide bonds. The van der Waals surface area contributed by atoms with Gasteiger partial charge in [-0.05, 0) is 47.8 Å². The molecule has 76 valence electrons. The van der Waals surface area contributed by atoms with Gasteiger partial charge in [0.05, 0.1) is 0 Å². The van der Waals surface area contributed by atoms with E-state index in [4.69, 9.17) is 0 Å². The molecule has 0 saturated carbocycles. The van der Waals surface area contributed by atoms with E-state index in [1.54, 1.807) is 6.20 Å². The first-order valence-electron chi connectivity index (χ1n) is 4.63. The maximum Gasteiger partial charge on any atom is 0.129 e. The Bertz CT molecular complexity index is 323. The van der Waals surface area contributed by atoms with E-state index in [0.717, 1.165) is 22.3 Å². The lowest BCUT2D eigenvalue weighted by Gasteiger charge is -2.14. The van der Waals surface area contributed by atoms with Crippen LogP contribution in [-0.2, 0) is 0 Å². The minimum absolute atomic E-state index is 0.375. The van der Waals surface area contributed by atoms with Crippen molar-refractivity contribution in [3.63, 3.8) is 0 Å². The normalized spacial score (nSPS) is 12.2. The van der Waals surface area contributed by atoms with Crippen LogP contribution in [0.25, 0.3) is 0 Å². The Kier molecular flexibility index (Phi) is 4.14. The highest BCUT2D eigenvalue weighted by atomic mass is 79.9. The van der Waals surface area contributed by atoms with Crippen molar-refractivity contribution in [1.82, 2.24) is 4.98 Å². The molecule has 0 bridgehead atoms. The number of pyridine rings is 1. The van der Waals surface area contributed by atoms with Gasteiger partial charge in [0, 0.05) is 16.7 Å². The van der Waals surface area contributed by atoms with Crippen molar-refractivity contribution in [2.24, 2.45) is 0 Å². The van der Waals surface area contributed by atoms with Crippen LogP contribution in [0.1, 0.15) is 18.9 Å². The van der Waals surface area contributed by atoms with Crippen LogP contribution in [0.4, 0.5) is 5.82 Å². The average Bonchev–Trinajstić information content (AvgIpc) is 2.10. The summed E-state index contributed by atoms with van der Waals surface area (Å²) in [7, 11) is 0. The van der Waals surface area contributed by atoms with E-state index >= 15 is 0 Å². The van der Waals surface area contributed by atoms with Gasteiger partial charge in [0.15, 0.2) is 0 Å². The second kappa shape index (κ2) is 5.15. The van der Waals surface area contributed by atoms with Gasteiger partial charge in [-0.25, -0.2) is 4.98 Å². The van der Waals surface area contributed by atoms with Gasteiger partial charge >= 0.3 is 0 Å². The zero-order valence-corrected chi connectivity index (χ0v) is 10.1. The van der Waals surface area contributed by atoms with Crippen molar-refractivity contribution < 1.29 is 0 Å². The first-order chi connectivity index (χ1) is 6.63. The summed E-state index contributed by atoms with van der Waals surface area (Å²) in [5.74, 6) is 0.947. The molecule has 1 unspecified atom stereocenters. The van der Waals surface area contributed by atoms with Gasteiger partial charge in [0.1, 0.15) is 5.82 Å². The standard InChI is InChI=1S/C11H15BrN2/c1-4-5-9(3)14-11-8(2)6-10(12)7-13-11/h4,6-7,9H,1,5H2,2-3H3,(H,13,14). The number of anilines is 1. The van der Waals surface area contributed by atoms with E-state index in [0.29, 0.717) is 6.04 Å². The maximum absolute atomic E-state index is 4.31. The van der Waals surface area contributed by atoms with Gasteiger partial charge in [0.25, 0.3) is 0 Å². The summed E-state index contributed by atoms with van der Waals surface area (Å²) >= 11 is 3.39. The number of aromatic nitrogens is 1. The van der Waals surface area contributed by atoms with E-state index in [2.05, 4.69) is 45.8 Å². The Labute approximate surface area is 93.6 Å². The molecule has 14 heavy (non-hydrogen) atoms. The molecule has 1 N–H and O–H groups in total. The van der Waals surface area contributed by atoms with Crippen LogP contribution in [0.5, 0.6) is 0 Å². The van der Waals surface area contributed by atoms with Gasteiger partial charge in [0.2, 0.25) is 0 Å². The van der Waals surface area contributed by atoms with Crippen molar-refractivity contribution in [2.75, 3.05) is 5.32 Å². The molecule has 1 rings (SSSR count). The van der Waals surface area contributed by atoms with Crippen LogP contribution in [0.2, 0.25) is 0 Å². The Morgan fingerprint density at radius 1 is 1.71 bits per heavy atom. The van der Waals surface area contributed by atoms with Crippen LogP contribution in [-0.4, -0.2) is 11.0 Å². The summed E-state index contributed by atoms with van der Waals surface area (Å²) in [5, 5.41) is 3.34. The lowest BCUT2D eigenvalue weighted by Crippen LogP contribution is -2.15. The molecule has 1 heterocycles. The number of hydrogen-bond acceptors (Lipinski definition) is 2. The smallest absolute Gasteiger partial charge is 0.129 e. The SMILES string of the molecule is C=CCC(C)Nc1ncc(Br)cc1C. The first-order valence-corrected chi connectivity index (χ1v) is 5.42. The minimum Gasteiger partial charge on any atom is -0.367 e. The van der Waals surface area contributed by atoms with Crippen molar-refractivity contribution in [2.45, 2.75) is 26.3 Å². The molecular formula is C11H15BrN2. The van der Waals surface area contributed by atoms with E-state index in [-0.39, 0.29) is 0 Å². The third-order valence-corrected chi connectivity index (χ3v) is 2.38. The van der Waals surface area contributed by atoms with Crippen LogP contribution < -0.4 is 5.32 Å². The fourth-order valence-corrected chi connectivity index (χ4v) is 1.68. The fraction of sp³-hybridized carbons (Fsp3) is 0.364. The molecular weight excluding hydrogens is 240 g/mol. The number of nitrogens with zero attached hydrogens (tertiary/aromatic N) is 1. The second-order valence-corrected chi connectivity index (χ2v) is 4.30. The summed E-state index contributed by atoms with van der Waals surface area (Å²) in [5.41, 5.74) is 1.15. The molecule has 0 fully saturated rings. The topological polar surface area (TPSA) is 24.9 Å². The third kappa shape index (κ3) is 3.14. The van der Waals surface area contributed by atoms with Gasteiger partial charge in [-0.3, -0.25) is 0 Å². The molecule has 2 nitrogen and oxygen atoms in total. The molecule has 1 atom stereocenters. The maximum atomic E-state index is 4.31. The highest BCUT2D eigenvalue weighted by molar-refractivity contribution is 9.10. The summed E-state index contributed by atoms with van der Waals surface area (Å²) in [6.07, 6.45) is 4.65. The third-order valence-electron chi connectivity index (χ3n) is 1.95. The zero-order valence-electron chi connectivity index (χ0n) is 8.55. The first kappa shape index (κ1) is 11.2. The monoisotopic (exact) mass is 254 g/mol. The summed E-state index contributed by atoms with van der Waals surface area (Å²) in [6.45, 7) is 7.87. The van der Waals surface area contributed by atoms with E-state index in [9.17, 15) is 0 Å². The second-order valence-electron chi connectivity index (χ2n) is 3.39. The quantitative estimate of drug-likeness (QED) is 0.832. The molecule has 1 aromatic heterocycles. The highest BCUT2D eigenvalue weighted by Gasteiger charge is 2.03. The van der Waals surface area contributed by atoms with Crippen molar-refractivity contribution in [3.8, 4) is 0 Å². The van der Waals surface area contributed by atoms with Crippen LogP contribution in [0.3, 0.4) is 0 Å². The molecule has 0 aromatic carbocycles. The number of hydrogen-bond donors (Lipinski definition) is 1. The highest BCUT2D eigenvalue weighted by Crippen LogP contribution is 2.17. The minimum atomic E-state index is 0.375. The van der Waals surface area contributed by atoms with Gasteiger partial charge in [-0.1, -0.05) is 6.08 Å². The molecule has 0 radical (unpaired) electrons. The van der Waals surface area contributed by atoms with Gasteiger partial charge in [-0.2, -0.15) is 0 Å². The largest absolute Gasteiger partial charge is 0.367 e. The molecule has 0 aliphatic carbocycles. The number of aryl methyl sites for hydroxylation is 1. The lowest BCUT2D eigenvalue weighted by molar-refractivity contribution is 0.805. The van der Waals surface area contributed by atoms with Crippen molar-refractivity contribution in [3.05, 3.63) is 35.0 Å². The predicted molar refractivity (Wildman–Crippen MR) is 64.6 cm³/mol. The Morgan fingerprint density at radius 3 is 3.00 bits per heavy atom. The number of nitrogens with one attached hydrogen (secondary N) is 1. The molecule has 0 aliphatic rings. The molecule has 1 aromatic rings. The molecule has 0 aliphatic heterocycles. The Morgan fingerprint density at radius 2 is 2.43 bits per heavy atom. The average molecular weight is 255 g/mol. The molecule has 3 heteroatoms. The van der Waals surface area contributed by atoms with E-state index in [1.165, 1.54) is 0 Å². The Balaban J connectivity index is 2.71. The van der Waals surface area contributed by atoms with E-state index in [1.807, 2.05) is 13.0 Å². The summed E-state index contributed by atoms with van der Waals surface area (Å²) in [4.78, 5) is 4.31. The van der Waals surface area contributed by atoms with Crippen molar-refractivity contribution in [1.29, 1.82) is 0 Å². The molecule has 0 spiro atoms. The van der Waals surface area contributed by atoms with E-state index < -0.39 is 0 Å². The van der Waals surface area contributed by atoms with Crippen LogP contribution in [0.15, 0.2) is 29.4 Å². The summed E-state index contributed by atoms with van der Waals surface area (Å²) in [6, 6.07) is 2.43. The fourth-order valence-electron chi connectivity index (χ4n) is 1.23. The number of rotatable bonds is 4.